The summed E-state index contributed by atoms with van der Waals surface area (Å²) in [5, 5.41) is 5.52. The van der Waals surface area contributed by atoms with E-state index in [0.29, 0.717) is 19.8 Å². The van der Waals surface area contributed by atoms with Crippen molar-refractivity contribution in [3.8, 4) is 0 Å². The summed E-state index contributed by atoms with van der Waals surface area (Å²) >= 11 is 0. The third-order valence-electron chi connectivity index (χ3n) is 4.61. The predicted molar refractivity (Wildman–Crippen MR) is 115 cm³/mol. The molecule has 1 aromatic rings. The Labute approximate surface area is 179 Å². The highest BCUT2D eigenvalue weighted by molar-refractivity contribution is 5.87. The molecular weight excluding hydrogens is 403 g/mol. The summed E-state index contributed by atoms with van der Waals surface area (Å²) in [6, 6.07) is 9.58. The Balaban J connectivity index is 0.00000364. The molecule has 1 aliphatic rings. The minimum absolute atomic E-state index is 0. The monoisotopic (exact) mass is 434 g/mol. The number of rotatable bonds is 8. The zero-order chi connectivity index (χ0) is 18.9. The lowest BCUT2D eigenvalue weighted by Crippen LogP contribution is -2.48. The average Bonchev–Trinajstić information content (AvgIpc) is 2.67. The van der Waals surface area contributed by atoms with Gasteiger partial charge in [0.25, 0.3) is 0 Å². The first-order chi connectivity index (χ1) is 12.5. The maximum atomic E-state index is 12.1. The second-order valence-corrected chi connectivity index (χ2v) is 6.87. The molecule has 0 spiro atoms. The Kier molecular flexibility index (Phi) is 13.1. The van der Waals surface area contributed by atoms with E-state index >= 15 is 0 Å². The van der Waals surface area contributed by atoms with Crippen molar-refractivity contribution in [2.24, 2.45) is 11.7 Å². The van der Waals surface area contributed by atoms with Gasteiger partial charge in [-0.1, -0.05) is 44.2 Å². The van der Waals surface area contributed by atoms with Crippen molar-refractivity contribution in [1.29, 1.82) is 0 Å². The topological polar surface area (TPSA) is 96.7 Å². The van der Waals surface area contributed by atoms with Crippen LogP contribution < -0.4 is 16.4 Å². The van der Waals surface area contributed by atoms with Crippen LogP contribution in [0.3, 0.4) is 0 Å². The van der Waals surface area contributed by atoms with Crippen molar-refractivity contribution < 1.29 is 14.3 Å². The fourth-order valence-electron chi connectivity index (χ4n) is 2.88. The molecule has 7 nitrogen and oxygen atoms in total. The van der Waals surface area contributed by atoms with Crippen LogP contribution in [0.2, 0.25) is 0 Å². The number of nitrogens with zero attached hydrogens (tertiary/aromatic N) is 1. The third-order valence-corrected chi connectivity index (χ3v) is 4.61. The lowest BCUT2D eigenvalue weighted by atomic mass is 10.0. The number of halogens is 2. The molecule has 1 heterocycles. The van der Waals surface area contributed by atoms with Gasteiger partial charge in [-0.05, 0) is 11.5 Å². The van der Waals surface area contributed by atoms with E-state index in [1.165, 1.54) is 0 Å². The smallest absolute Gasteiger partial charge is 0.239 e. The summed E-state index contributed by atoms with van der Waals surface area (Å²) in [4.78, 5) is 26.3. The minimum Gasteiger partial charge on any atom is -0.379 e. The van der Waals surface area contributed by atoms with Crippen LogP contribution >= 0.6 is 24.8 Å². The van der Waals surface area contributed by atoms with Gasteiger partial charge >= 0.3 is 0 Å². The minimum atomic E-state index is -0.604. The fraction of sp³-hybridized carbons (Fsp3) is 0.579. The SMILES string of the molecule is CC(C)[C@H](N)C(=O)NCC(=O)NCC(c1ccccc1)N1CCOCC1.Cl.Cl. The van der Waals surface area contributed by atoms with Gasteiger partial charge in [-0.25, -0.2) is 0 Å². The molecule has 160 valence electrons. The van der Waals surface area contributed by atoms with E-state index in [2.05, 4.69) is 27.7 Å². The molecule has 0 saturated carbocycles. The van der Waals surface area contributed by atoms with Crippen molar-refractivity contribution in [2.45, 2.75) is 25.9 Å². The maximum absolute atomic E-state index is 12.1. The van der Waals surface area contributed by atoms with Crippen LogP contribution in [0, 0.1) is 5.92 Å². The number of nitrogens with one attached hydrogen (secondary N) is 2. The molecule has 0 aliphatic carbocycles. The van der Waals surface area contributed by atoms with Crippen molar-refractivity contribution in [2.75, 3.05) is 39.4 Å². The molecule has 2 atom stereocenters. The van der Waals surface area contributed by atoms with Crippen molar-refractivity contribution in [3.63, 3.8) is 0 Å². The number of hydrogen-bond acceptors (Lipinski definition) is 5. The van der Waals surface area contributed by atoms with Gasteiger partial charge in [0, 0.05) is 19.6 Å². The molecule has 9 heteroatoms. The highest BCUT2D eigenvalue weighted by Crippen LogP contribution is 2.20. The second-order valence-electron chi connectivity index (χ2n) is 6.87. The van der Waals surface area contributed by atoms with E-state index < -0.39 is 6.04 Å². The van der Waals surface area contributed by atoms with Gasteiger partial charge in [-0.2, -0.15) is 0 Å². The van der Waals surface area contributed by atoms with Gasteiger partial charge in [-0.3, -0.25) is 14.5 Å². The van der Waals surface area contributed by atoms with Gasteiger partial charge < -0.3 is 21.1 Å². The number of benzene rings is 1. The van der Waals surface area contributed by atoms with Crippen LogP contribution in [-0.2, 0) is 14.3 Å². The van der Waals surface area contributed by atoms with Crippen LogP contribution in [0.5, 0.6) is 0 Å². The number of morpholine rings is 1. The molecule has 1 fully saturated rings. The highest BCUT2D eigenvalue weighted by Gasteiger charge is 2.23. The average molecular weight is 435 g/mol. The molecule has 0 bridgehead atoms. The number of hydrogen-bond donors (Lipinski definition) is 3. The standard InChI is InChI=1S/C19H30N4O3.2ClH/c1-14(2)18(20)19(25)22-13-17(24)21-12-16(15-6-4-3-5-7-15)23-8-10-26-11-9-23;;/h3-7,14,16,18H,8-13,20H2,1-2H3,(H,21,24)(H,22,25);2*1H/t16?,18-;;/m0../s1. The normalized spacial score (nSPS) is 16.3. The van der Waals surface area contributed by atoms with Crippen molar-refractivity contribution >= 4 is 36.6 Å². The Bertz CT molecular complexity index is 584. The number of nitrogens with two attached hydrogens (primary N) is 1. The van der Waals surface area contributed by atoms with E-state index in [4.69, 9.17) is 10.5 Å². The first-order valence-electron chi connectivity index (χ1n) is 9.15. The second kappa shape index (κ2) is 13.7. The quantitative estimate of drug-likeness (QED) is 0.569. The van der Waals surface area contributed by atoms with Gasteiger partial charge in [0.1, 0.15) is 0 Å². The Hall–Kier alpha value is -1.38. The zero-order valence-corrected chi connectivity index (χ0v) is 18.1. The number of carbonyl (C=O) groups is 2. The summed E-state index contributed by atoms with van der Waals surface area (Å²) in [5.41, 5.74) is 6.93. The van der Waals surface area contributed by atoms with Gasteiger partial charge in [0.15, 0.2) is 0 Å². The summed E-state index contributed by atoms with van der Waals surface area (Å²) in [7, 11) is 0. The van der Waals surface area contributed by atoms with Crippen LogP contribution in [0.4, 0.5) is 0 Å². The molecule has 28 heavy (non-hydrogen) atoms. The largest absolute Gasteiger partial charge is 0.379 e. The Morgan fingerprint density at radius 2 is 1.71 bits per heavy atom. The predicted octanol–water partition coefficient (Wildman–Crippen LogP) is 1.12. The van der Waals surface area contributed by atoms with Crippen LogP contribution in [0.15, 0.2) is 30.3 Å². The number of carbonyl (C=O) groups excluding carboxylic acids is 2. The number of ether oxygens (including phenoxy) is 1. The molecular formula is C19H32Cl2N4O3. The van der Waals surface area contributed by atoms with Crippen LogP contribution in [-0.4, -0.2) is 62.1 Å². The van der Waals surface area contributed by atoms with E-state index in [-0.39, 0.29) is 55.1 Å². The lowest BCUT2D eigenvalue weighted by molar-refractivity contribution is -0.127. The summed E-state index contributed by atoms with van der Waals surface area (Å²) in [5.74, 6) is -0.492. The summed E-state index contributed by atoms with van der Waals surface area (Å²) in [6.45, 7) is 7.21. The zero-order valence-electron chi connectivity index (χ0n) is 16.4. The third kappa shape index (κ3) is 8.32. The molecule has 1 unspecified atom stereocenters. The highest BCUT2D eigenvalue weighted by atomic mass is 35.5. The summed E-state index contributed by atoms with van der Waals surface area (Å²) in [6.07, 6.45) is 0. The summed E-state index contributed by atoms with van der Waals surface area (Å²) < 4.78 is 5.43. The molecule has 0 radical (unpaired) electrons. The Morgan fingerprint density at radius 3 is 2.29 bits per heavy atom. The van der Waals surface area contributed by atoms with E-state index in [9.17, 15) is 9.59 Å². The molecule has 1 aromatic carbocycles. The molecule has 1 saturated heterocycles. The Morgan fingerprint density at radius 1 is 1.11 bits per heavy atom. The molecule has 2 amide bonds. The van der Waals surface area contributed by atoms with Gasteiger partial charge in [-0.15, -0.1) is 24.8 Å². The van der Waals surface area contributed by atoms with Crippen LogP contribution in [0.1, 0.15) is 25.5 Å². The first kappa shape index (κ1) is 26.6. The number of amides is 2. The van der Waals surface area contributed by atoms with Gasteiger partial charge in [0.05, 0.1) is 31.8 Å². The molecule has 2 rings (SSSR count). The molecule has 0 aromatic heterocycles. The molecule has 4 N–H and O–H groups in total. The van der Waals surface area contributed by atoms with E-state index in [0.717, 1.165) is 18.7 Å². The van der Waals surface area contributed by atoms with E-state index in [1.807, 2.05) is 32.0 Å². The lowest BCUT2D eigenvalue weighted by Gasteiger charge is -2.35. The van der Waals surface area contributed by atoms with Crippen molar-refractivity contribution in [1.82, 2.24) is 15.5 Å². The maximum Gasteiger partial charge on any atom is 0.239 e. The van der Waals surface area contributed by atoms with Crippen LogP contribution in [0.25, 0.3) is 0 Å². The van der Waals surface area contributed by atoms with Crippen molar-refractivity contribution in [3.05, 3.63) is 35.9 Å². The first-order valence-corrected chi connectivity index (χ1v) is 9.15. The fourth-order valence-corrected chi connectivity index (χ4v) is 2.88. The molecule has 1 aliphatic heterocycles. The van der Waals surface area contributed by atoms with E-state index in [1.54, 1.807) is 0 Å². The van der Waals surface area contributed by atoms with Gasteiger partial charge in [0.2, 0.25) is 11.8 Å².